The largest absolute Gasteiger partial charge is 0.481 e. The molecule has 0 bridgehead atoms. The van der Waals surface area contributed by atoms with Crippen LogP contribution in [0.3, 0.4) is 0 Å². The van der Waals surface area contributed by atoms with Crippen molar-refractivity contribution >= 4 is 5.97 Å². The lowest BCUT2D eigenvalue weighted by Gasteiger charge is -2.34. The van der Waals surface area contributed by atoms with E-state index in [4.69, 9.17) is 9.84 Å². The lowest BCUT2D eigenvalue weighted by molar-refractivity contribution is -0.137. The Hall–Kier alpha value is -0.610. The fourth-order valence-corrected chi connectivity index (χ4v) is 2.29. The number of rotatable bonds is 5. The summed E-state index contributed by atoms with van der Waals surface area (Å²) in [4.78, 5) is 12.7. The quantitative estimate of drug-likeness (QED) is 0.749. The lowest BCUT2D eigenvalue weighted by Crippen LogP contribution is -2.38. The van der Waals surface area contributed by atoms with Gasteiger partial charge < -0.3 is 14.7 Å². The molecule has 0 aromatic rings. The monoisotopic (exact) mass is 215 g/mol. The fraction of sp³-hybridized carbons (Fsp3) is 0.909. The van der Waals surface area contributed by atoms with Gasteiger partial charge in [0.15, 0.2) is 0 Å². The Kier molecular flexibility index (Phi) is 5.05. The van der Waals surface area contributed by atoms with Gasteiger partial charge in [-0.1, -0.05) is 0 Å². The maximum atomic E-state index is 10.6. The van der Waals surface area contributed by atoms with Gasteiger partial charge in [0.1, 0.15) is 0 Å². The van der Waals surface area contributed by atoms with Gasteiger partial charge in [0.05, 0.1) is 0 Å². The Morgan fingerprint density at radius 3 is 2.53 bits per heavy atom. The standard InChI is InChI=1S/C11H21NO3/c1-12(2)10(3-4-11(13)14)9-5-7-15-8-6-9/h9-10H,3-8H2,1-2H3,(H,13,14). The van der Waals surface area contributed by atoms with Crippen molar-refractivity contribution in [1.29, 1.82) is 0 Å². The molecule has 0 aromatic carbocycles. The SMILES string of the molecule is CN(C)C(CCC(=O)O)C1CCOCC1. The molecule has 1 rings (SSSR count). The van der Waals surface area contributed by atoms with Crippen LogP contribution < -0.4 is 0 Å². The van der Waals surface area contributed by atoms with E-state index in [2.05, 4.69) is 4.90 Å². The van der Waals surface area contributed by atoms with Crippen LogP contribution in [0, 0.1) is 5.92 Å². The highest BCUT2D eigenvalue weighted by atomic mass is 16.5. The number of aliphatic carboxylic acids is 1. The van der Waals surface area contributed by atoms with Crippen molar-refractivity contribution in [2.75, 3.05) is 27.3 Å². The number of ether oxygens (including phenoxy) is 1. The van der Waals surface area contributed by atoms with Crippen LogP contribution in [0.2, 0.25) is 0 Å². The van der Waals surface area contributed by atoms with Crippen LogP contribution in [-0.2, 0) is 9.53 Å². The van der Waals surface area contributed by atoms with Gasteiger partial charge in [0, 0.05) is 25.7 Å². The smallest absolute Gasteiger partial charge is 0.303 e. The number of nitrogens with zero attached hydrogens (tertiary/aromatic N) is 1. The third-order valence-electron chi connectivity index (χ3n) is 3.13. The molecule has 1 N–H and O–H groups in total. The summed E-state index contributed by atoms with van der Waals surface area (Å²) in [6, 6.07) is 0.380. The Bertz CT molecular complexity index is 200. The number of carbonyl (C=O) groups is 1. The van der Waals surface area contributed by atoms with E-state index in [1.807, 2.05) is 14.1 Å². The molecule has 0 aromatic heterocycles. The molecule has 0 spiro atoms. The number of hydrogen-bond acceptors (Lipinski definition) is 3. The van der Waals surface area contributed by atoms with Gasteiger partial charge in [-0.25, -0.2) is 0 Å². The maximum Gasteiger partial charge on any atom is 0.303 e. The summed E-state index contributed by atoms with van der Waals surface area (Å²) in [6.07, 6.45) is 3.12. The molecule has 1 unspecified atom stereocenters. The molecule has 1 atom stereocenters. The second-order valence-corrected chi connectivity index (χ2v) is 4.41. The summed E-state index contributed by atoms with van der Waals surface area (Å²) in [5.41, 5.74) is 0. The van der Waals surface area contributed by atoms with Crippen molar-refractivity contribution in [3.8, 4) is 0 Å². The molecule has 1 saturated heterocycles. The highest BCUT2D eigenvalue weighted by molar-refractivity contribution is 5.66. The van der Waals surface area contributed by atoms with Crippen LogP contribution in [0.15, 0.2) is 0 Å². The van der Waals surface area contributed by atoms with E-state index in [1.54, 1.807) is 0 Å². The van der Waals surface area contributed by atoms with Crippen LogP contribution >= 0.6 is 0 Å². The number of carboxylic acid groups (broad SMARTS) is 1. The Morgan fingerprint density at radius 1 is 1.47 bits per heavy atom. The maximum absolute atomic E-state index is 10.6. The van der Waals surface area contributed by atoms with E-state index < -0.39 is 5.97 Å². The van der Waals surface area contributed by atoms with Crippen molar-refractivity contribution in [1.82, 2.24) is 4.90 Å². The second kappa shape index (κ2) is 6.08. The average molecular weight is 215 g/mol. The lowest BCUT2D eigenvalue weighted by atomic mass is 9.88. The molecule has 1 aliphatic heterocycles. The van der Waals surface area contributed by atoms with Gasteiger partial charge in [0.25, 0.3) is 0 Å². The number of carboxylic acids is 1. The van der Waals surface area contributed by atoms with Gasteiger partial charge in [0.2, 0.25) is 0 Å². The first-order valence-corrected chi connectivity index (χ1v) is 5.57. The molecule has 1 fully saturated rings. The van der Waals surface area contributed by atoms with E-state index in [-0.39, 0.29) is 6.42 Å². The van der Waals surface area contributed by atoms with E-state index in [1.165, 1.54) is 0 Å². The van der Waals surface area contributed by atoms with E-state index in [0.29, 0.717) is 12.0 Å². The summed E-state index contributed by atoms with van der Waals surface area (Å²) < 4.78 is 5.32. The molecule has 1 heterocycles. The summed E-state index contributed by atoms with van der Waals surface area (Å²) >= 11 is 0. The number of hydrogen-bond donors (Lipinski definition) is 1. The van der Waals surface area contributed by atoms with Crippen LogP contribution in [0.4, 0.5) is 0 Å². The summed E-state index contributed by atoms with van der Waals surface area (Å²) in [7, 11) is 4.06. The zero-order valence-corrected chi connectivity index (χ0v) is 9.61. The van der Waals surface area contributed by atoms with Gasteiger partial charge in [-0.15, -0.1) is 0 Å². The molecule has 88 valence electrons. The van der Waals surface area contributed by atoms with Gasteiger partial charge >= 0.3 is 5.97 Å². The van der Waals surface area contributed by atoms with Crippen molar-refractivity contribution in [2.45, 2.75) is 31.7 Å². The third-order valence-corrected chi connectivity index (χ3v) is 3.13. The highest BCUT2D eigenvalue weighted by Gasteiger charge is 2.25. The van der Waals surface area contributed by atoms with Crippen molar-refractivity contribution in [2.24, 2.45) is 5.92 Å². The normalized spacial score (nSPS) is 20.5. The van der Waals surface area contributed by atoms with Gasteiger partial charge in [-0.05, 0) is 39.3 Å². The Morgan fingerprint density at radius 2 is 2.07 bits per heavy atom. The van der Waals surface area contributed by atoms with Crippen molar-refractivity contribution in [3.63, 3.8) is 0 Å². The predicted molar refractivity (Wildman–Crippen MR) is 57.9 cm³/mol. The molecule has 4 heteroatoms. The minimum atomic E-state index is -0.700. The van der Waals surface area contributed by atoms with Gasteiger partial charge in [-0.3, -0.25) is 4.79 Å². The van der Waals surface area contributed by atoms with Crippen molar-refractivity contribution in [3.05, 3.63) is 0 Å². The van der Waals surface area contributed by atoms with Crippen LogP contribution in [-0.4, -0.2) is 49.3 Å². The van der Waals surface area contributed by atoms with Crippen molar-refractivity contribution < 1.29 is 14.6 Å². The molecule has 15 heavy (non-hydrogen) atoms. The predicted octanol–water partition coefficient (Wildman–Crippen LogP) is 1.21. The molecule has 4 nitrogen and oxygen atoms in total. The minimum Gasteiger partial charge on any atom is -0.481 e. The molecule has 0 radical (unpaired) electrons. The molecular formula is C11H21NO3. The fourth-order valence-electron chi connectivity index (χ4n) is 2.29. The summed E-state index contributed by atoms with van der Waals surface area (Å²) in [6.45, 7) is 1.64. The molecule has 0 saturated carbocycles. The van der Waals surface area contributed by atoms with E-state index in [0.717, 1.165) is 32.5 Å². The average Bonchev–Trinajstić information content (AvgIpc) is 2.18. The molecule has 1 aliphatic rings. The summed E-state index contributed by atoms with van der Waals surface area (Å²) in [5, 5.41) is 8.70. The zero-order valence-electron chi connectivity index (χ0n) is 9.61. The minimum absolute atomic E-state index is 0.264. The van der Waals surface area contributed by atoms with E-state index >= 15 is 0 Å². The third kappa shape index (κ3) is 4.18. The first kappa shape index (κ1) is 12.5. The van der Waals surface area contributed by atoms with E-state index in [9.17, 15) is 4.79 Å². The van der Waals surface area contributed by atoms with Crippen LogP contribution in [0.25, 0.3) is 0 Å². The summed E-state index contributed by atoms with van der Waals surface area (Å²) in [5.74, 6) is -0.109. The van der Waals surface area contributed by atoms with Crippen LogP contribution in [0.1, 0.15) is 25.7 Å². The van der Waals surface area contributed by atoms with Crippen LogP contribution in [0.5, 0.6) is 0 Å². The van der Waals surface area contributed by atoms with Gasteiger partial charge in [-0.2, -0.15) is 0 Å². The molecule has 0 amide bonds. The Balaban J connectivity index is 2.44. The first-order valence-electron chi connectivity index (χ1n) is 5.57. The highest BCUT2D eigenvalue weighted by Crippen LogP contribution is 2.24. The Labute approximate surface area is 91.2 Å². The molecule has 0 aliphatic carbocycles. The second-order valence-electron chi connectivity index (χ2n) is 4.41. The zero-order chi connectivity index (χ0) is 11.3. The molecular weight excluding hydrogens is 194 g/mol. The first-order chi connectivity index (χ1) is 7.11. The topological polar surface area (TPSA) is 49.8 Å².